The van der Waals surface area contributed by atoms with Crippen LogP contribution in [0.4, 0.5) is 0 Å². The second-order valence-electron chi connectivity index (χ2n) is 4.93. The molecule has 2 rings (SSSR count). The summed E-state index contributed by atoms with van der Waals surface area (Å²) in [5.41, 5.74) is 0.882. The summed E-state index contributed by atoms with van der Waals surface area (Å²) in [5.74, 6) is 0.185. The topological polar surface area (TPSA) is 40.5 Å². The summed E-state index contributed by atoms with van der Waals surface area (Å²) in [6.07, 6.45) is 4.42. The fraction of sp³-hybridized carbons (Fsp3) is 0.533. The molecule has 1 aliphatic heterocycles. The van der Waals surface area contributed by atoms with Crippen LogP contribution in [0.5, 0.6) is 0 Å². The molecule has 3 nitrogen and oxygen atoms in total. The summed E-state index contributed by atoms with van der Waals surface area (Å²) in [5, 5.41) is 10.2. The summed E-state index contributed by atoms with van der Waals surface area (Å²) >= 11 is 0. The first kappa shape index (κ1) is 13.1. The molecule has 1 heterocycles. The van der Waals surface area contributed by atoms with Crippen LogP contribution in [0.2, 0.25) is 0 Å². The van der Waals surface area contributed by atoms with Crippen molar-refractivity contribution in [3.8, 4) is 0 Å². The molecule has 0 radical (unpaired) electrons. The highest BCUT2D eigenvalue weighted by molar-refractivity contribution is 5.76. The van der Waals surface area contributed by atoms with Crippen molar-refractivity contribution in [1.29, 1.82) is 0 Å². The van der Waals surface area contributed by atoms with E-state index in [0.717, 1.165) is 31.4 Å². The highest BCUT2D eigenvalue weighted by Gasteiger charge is 2.19. The van der Waals surface area contributed by atoms with Crippen molar-refractivity contribution < 1.29 is 9.90 Å². The van der Waals surface area contributed by atoms with Gasteiger partial charge in [-0.15, -0.1) is 0 Å². The second-order valence-corrected chi connectivity index (χ2v) is 4.93. The minimum absolute atomic E-state index is 0.185. The number of amides is 1. The van der Waals surface area contributed by atoms with Gasteiger partial charge in [0.05, 0.1) is 12.6 Å². The maximum atomic E-state index is 11.9. The number of likely N-dealkylation sites (tertiary alicyclic amines) is 1. The minimum Gasteiger partial charge on any atom is -0.387 e. The normalized spacial score (nSPS) is 19.2. The lowest BCUT2D eigenvalue weighted by Gasteiger charge is -2.27. The Balaban J connectivity index is 1.96. The lowest BCUT2D eigenvalue weighted by Crippen LogP contribution is -2.36. The van der Waals surface area contributed by atoms with Gasteiger partial charge in [0.1, 0.15) is 0 Å². The number of β-amino-alcohol motifs (C(OH)–C–C–N with tert-alkyl or cyclic N) is 1. The highest BCUT2D eigenvalue weighted by Crippen LogP contribution is 2.17. The summed E-state index contributed by atoms with van der Waals surface area (Å²) in [7, 11) is 0. The fourth-order valence-corrected chi connectivity index (χ4v) is 2.40. The van der Waals surface area contributed by atoms with E-state index in [2.05, 4.69) is 0 Å². The Bertz CT molecular complexity index is 377. The van der Waals surface area contributed by atoms with Gasteiger partial charge >= 0.3 is 0 Å². The van der Waals surface area contributed by atoms with E-state index >= 15 is 0 Å². The molecular weight excluding hydrogens is 226 g/mol. The van der Waals surface area contributed by atoms with Crippen molar-refractivity contribution in [3.63, 3.8) is 0 Å². The van der Waals surface area contributed by atoms with E-state index in [1.165, 1.54) is 6.42 Å². The number of hydrogen-bond donors (Lipinski definition) is 1. The number of nitrogens with zero attached hydrogens (tertiary/aromatic N) is 1. The number of carbonyl (C=O) groups excluding carboxylic acids is 1. The van der Waals surface area contributed by atoms with Gasteiger partial charge in [-0.1, -0.05) is 43.2 Å². The predicted octanol–water partition coefficient (Wildman–Crippen LogP) is 2.51. The maximum Gasteiger partial charge on any atom is 0.222 e. The van der Waals surface area contributed by atoms with E-state index in [1.807, 2.05) is 35.2 Å². The van der Waals surface area contributed by atoms with E-state index in [4.69, 9.17) is 0 Å². The van der Waals surface area contributed by atoms with Gasteiger partial charge in [0.2, 0.25) is 5.91 Å². The van der Waals surface area contributed by atoms with Crippen LogP contribution < -0.4 is 0 Å². The Morgan fingerprint density at radius 2 is 1.83 bits per heavy atom. The average Bonchev–Trinajstić information content (AvgIpc) is 2.39. The Morgan fingerprint density at radius 3 is 2.61 bits per heavy atom. The first-order valence-corrected chi connectivity index (χ1v) is 6.78. The third kappa shape index (κ3) is 3.57. The average molecular weight is 247 g/mol. The lowest BCUT2D eigenvalue weighted by molar-refractivity contribution is -0.133. The van der Waals surface area contributed by atoms with Gasteiger partial charge in [-0.3, -0.25) is 4.79 Å². The van der Waals surface area contributed by atoms with Crippen LogP contribution >= 0.6 is 0 Å². The molecule has 98 valence electrons. The second kappa shape index (κ2) is 6.55. The molecule has 0 bridgehead atoms. The van der Waals surface area contributed by atoms with E-state index < -0.39 is 6.10 Å². The highest BCUT2D eigenvalue weighted by atomic mass is 16.3. The van der Waals surface area contributed by atoms with Crippen LogP contribution in [0, 0.1) is 0 Å². The Labute approximate surface area is 108 Å². The van der Waals surface area contributed by atoms with Crippen LogP contribution in [-0.2, 0) is 4.79 Å². The van der Waals surface area contributed by atoms with Crippen molar-refractivity contribution in [2.75, 3.05) is 13.1 Å². The molecule has 1 saturated heterocycles. The molecule has 1 fully saturated rings. The molecular formula is C15H21NO2. The zero-order chi connectivity index (χ0) is 12.8. The Hall–Kier alpha value is -1.35. The molecule has 1 amide bonds. The zero-order valence-corrected chi connectivity index (χ0v) is 10.7. The van der Waals surface area contributed by atoms with Crippen molar-refractivity contribution in [3.05, 3.63) is 35.9 Å². The van der Waals surface area contributed by atoms with Crippen LogP contribution in [0.15, 0.2) is 30.3 Å². The third-order valence-corrected chi connectivity index (χ3v) is 3.50. The van der Waals surface area contributed by atoms with Gasteiger partial charge in [0.25, 0.3) is 0 Å². The Morgan fingerprint density at radius 1 is 1.11 bits per heavy atom. The van der Waals surface area contributed by atoms with E-state index in [0.29, 0.717) is 13.0 Å². The number of carbonyl (C=O) groups is 1. The fourth-order valence-electron chi connectivity index (χ4n) is 2.40. The smallest absolute Gasteiger partial charge is 0.222 e. The quantitative estimate of drug-likeness (QED) is 0.891. The standard InChI is InChI=1S/C15H21NO2/c17-14(13-8-4-3-5-9-13)12-16-11-7-2-1-6-10-15(16)18/h3-5,8-9,14,17H,1-2,6-7,10-12H2. The number of hydrogen-bond acceptors (Lipinski definition) is 2. The van der Waals surface area contributed by atoms with Crippen LogP contribution in [-0.4, -0.2) is 29.0 Å². The van der Waals surface area contributed by atoms with E-state index in [-0.39, 0.29) is 5.91 Å². The molecule has 18 heavy (non-hydrogen) atoms. The van der Waals surface area contributed by atoms with Gasteiger partial charge in [-0.2, -0.15) is 0 Å². The molecule has 1 N–H and O–H groups in total. The molecule has 1 unspecified atom stereocenters. The molecule has 3 heteroatoms. The van der Waals surface area contributed by atoms with Crippen LogP contribution in [0.25, 0.3) is 0 Å². The van der Waals surface area contributed by atoms with Crippen molar-refractivity contribution in [2.24, 2.45) is 0 Å². The number of aliphatic hydroxyl groups excluding tert-OH is 1. The SMILES string of the molecule is O=C1CCCCCCN1CC(O)c1ccccc1. The number of rotatable bonds is 3. The lowest BCUT2D eigenvalue weighted by atomic mass is 10.1. The monoisotopic (exact) mass is 247 g/mol. The van der Waals surface area contributed by atoms with Gasteiger partial charge < -0.3 is 10.0 Å². The van der Waals surface area contributed by atoms with E-state index in [9.17, 15) is 9.90 Å². The largest absolute Gasteiger partial charge is 0.387 e. The van der Waals surface area contributed by atoms with Gasteiger partial charge in [-0.25, -0.2) is 0 Å². The van der Waals surface area contributed by atoms with Crippen LogP contribution in [0.1, 0.15) is 43.8 Å². The van der Waals surface area contributed by atoms with Crippen LogP contribution in [0.3, 0.4) is 0 Å². The molecule has 0 aromatic heterocycles. The van der Waals surface area contributed by atoms with E-state index in [1.54, 1.807) is 0 Å². The molecule has 0 spiro atoms. The summed E-state index contributed by atoms with van der Waals surface area (Å²) in [4.78, 5) is 13.8. The Kier molecular flexibility index (Phi) is 4.76. The molecule has 0 aliphatic carbocycles. The summed E-state index contributed by atoms with van der Waals surface area (Å²) in [6, 6.07) is 9.55. The van der Waals surface area contributed by atoms with Crippen molar-refractivity contribution >= 4 is 5.91 Å². The van der Waals surface area contributed by atoms with Gasteiger partial charge in [0.15, 0.2) is 0 Å². The number of benzene rings is 1. The minimum atomic E-state index is -0.574. The first-order chi connectivity index (χ1) is 8.77. The van der Waals surface area contributed by atoms with Crippen molar-refractivity contribution in [2.45, 2.75) is 38.2 Å². The zero-order valence-electron chi connectivity index (χ0n) is 10.7. The summed E-state index contributed by atoms with van der Waals surface area (Å²) < 4.78 is 0. The third-order valence-electron chi connectivity index (χ3n) is 3.50. The van der Waals surface area contributed by atoms with Crippen molar-refractivity contribution in [1.82, 2.24) is 4.90 Å². The molecule has 0 saturated carbocycles. The molecule has 1 atom stereocenters. The molecule has 1 aromatic carbocycles. The summed E-state index contributed by atoms with van der Waals surface area (Å²) in [6.45, 7) is 1.20. The van der Waals surface area contributed by atoms with Gasteiger partial charge in [-0.05, 0) is 18.4 Å². The first-order valence-electron chi connectivity index (χ1n) is 6.78. The molecule has 1 aromatic rings. The number of aliphatic hydroxyl groups is 1. The predicted molar refractivity (Wildman–Crippen MR) is 71.1 cm³/mol. The molecule has 1 aliphatic rings. The van der Waals surface area contributed by atoms with Gasteiger partial charge in [0, 0.05) is 13.0 Å². The maximum absolute atomic E-state index is 11.9.